The van der Waals surface area contributed by atoms with Gasteiger partial charge in [-0.1, -0.05) is 31.5 Å². The van der Waals surface area contributed by atoms with E-state index in [0.29, 0.717) is 17.9 Å². The molecule has 0 unspecified atom stereocenters. The van der Waals surface area contributed by atoms with Gasteiger partial charge in [-0.15, -0.1) is 0 Å². The lowest BCUT2D eigenvalue weighted by atomic mass is 9.76. The van der Waals surface area contributed by atoms with Gasteiger partial charge in [0.05, 0.1) is 12.2 Å². The quantitative estimate of drug-likeness (QED) is 0.555. The Morgan fingerprint density at radius 2 is 2.17 bits per heavy atom. The fraction of sp³-hybridized carbons (Fsp3) is 0.364. The van der Waals surface area contributed by atoms with Crippen molar-refractivity contribution in [1.82, 2.24) is 9.97 Å². The first-order chi connectivity index (χ1) is 13.8. The van der Waals surface area contributed by atoms with Gasteiger partial charge < -0.3 is 19.9 Å². The number of H-pyrrole nitrogens is 1. The standard InChI is InChI=1S/C22H24N4O3/c1-5-29-21(28)15-6-7-17(25-20(27)19-24-13-18(23-4)26-19)16(12-15)14-8-10-22(2,3)11-9-14/h6-8,12-13H,5,9-11H2,1-3H3,(H,24,26)(H,25,27). The molecule has 1 aliphatic carbocycles. The molecule has 150 valence electrons. The van der Waals surface area contributed by atoms with E-state index in [1.807, 2.05) is 0 Å². The molecule has 0 radical (unpaired) electrons. The summed E-state index contributed by atoms with van der Waals surface area (Å²) in [4.78, 5) is 34.6. The molecule has 2 aromatic rings. The number of allylic oxidation sites excluding steroid dienone is 2. The molecule has 1 amide bonds. The largest absolute Gasteiger partial charge is 0.462 e. The lowest BCUT2D eigenvalue weighted by molar-refractivity contribution is 0.0526. The molecule has 7 heteroatoms. The number of benzene rings is 1. The van der Waals surface area contributed by atoms with E-state index in [9.17, 15) is 9.59 Å². The minimum atomic E-state index is -0.443. The lowest BCUT2D eigenvalue weighted by Gasteiger charge is -2.29. The topological polar surface area (TPSA) is 88.4 Å². The number of nitrogens with one attached hydrogen (secondary N) is 2. The van der Waals surface area contributed by atoms with Gasteiger partial charge in [0.25, 0.3) is 11.6 Å². The number of anilines is 1. The van der Waals surface area contributed by atoms with E-state index < -0.39 is 11.9 Å². The Balaban J connectivity index is 1.95. The van der Waals surface area contributed by atoms with Crippen LogP contribution in [-0.2, 0) is 4.74 Å². The van der Waals surface area contributed by atoms with E-state index in [1.54, 1.807) is 25.1 Å². The van der Waals surface area contributed by atoms with Crippen LogP contribution < -0.4 is 5.32 Å². The van der Waals surface area contributed by atoms with Crippen molar-refractivity contribution in [2.45, 2.75) is 40.0 Å². The fourth-order valence-electron chi connectivity index (χ4n) is 3.25. The van der Waals surface area contributed by atoms with Crippen molar-refractivity contribution < 1.29 is 14.3 Å². The van der Waals surface area contributed by atoms with Gasteiger partial charge in [0.15, 0.2) is 0 Å². The Labute approximate surface area is 170 Å². The first-order valence-electron chi connectivity index (χ1n) is 9.58. The van der Waals surface area contributed by atoms with Crippen LogP contribution in [0.1, 0.15) is 66.6 Å². The third-order valence-corrected chi connectivity index (χ3v) is 4.99. The molecular formula is C22H24N4O3. The van der Waals surface area contributed by atoms with E-state index in [-0.39, 0.29) is 17.1 Å². The highest BCUT2D eigenvalue weighted by Crippen LogP contribution is 2.40. The van der Waals surface area contributed by atoms with Crippen LogP contribution in [0.15, 0.2) is 30.5 Å². The number of carbonyl (C=O) groups excluding carboxylic acids is 2. The van der Waals surface area contributed by atoms with Gasteiger partial charge in [0.2, 0.25) is 0 Å². The number of esters is 1. The molecule has 0 bridgehead atoms. The van der Waals surface area contributed by atoms with Gasteiger partial charge in [0.1, 0.15) is 0 Å². The van der Waals surface area contributed by atoms with Gasteiger partial charge in [-0.05, 0) is 55.4 Å². The van der Waals surface area contributed by atoms with Gasteiger partial charge in [0, 0.05) is 17.4 Å². The van der Waals surface area contributed by atoms with Crippen molar-refractivity contribution in [1.29, 1.82) is 0 Å². The minimum absolute atomic E-state index is 0.0650. The van der Waals surface area contributed by atoms with E-state index in [2.05, 4.69) is 40.1 Å². The lowest BCUT2D eigenvalue weighted by Crippen LogP contribution is -2.17. The summed E-state index contributed by atoms with van der Waals surface area (Å²) >= 11 is 0. The molecule has 1 aromatic carbocycles. The first kappa shape index (κ1) is 20.3. The maximum absolute atomic E-state index is 12.6. The molecule has 0 atom stereocenters. The molecule has 0 saturated heterocycles. The van der Waals surface area contributed by atoms with Gasteiger partial charge in [-0.2, -0.15) is 0 Å². The predicted molar refractivity (Wildman–Crippen MR) is 111 cm³/mol. The number of ether oxygens (including phenoxy) is 1. The van der Waals surface area contributed by atoms with Crippen molar-refractivity contribution in [3.8, 4) is 0 Å². The fourth-order valence-corrected chi connectivity index (χ4v) is 3.25. The molecule has 1 aromatic heterocycles. The molecule has 2 N–H and O–H groups in total. The summed E-state index contributed by atoms with van der Waals surface area (Å²) in [7, 11) is 0. The summed E-state index contributed by atoms with van der Waals surface area (Å²) in [6, 6.07) is 5.11. The second kappa shape index (κ2) is 8.31. The molecular weight excluding hydrogens is 368 g/mol. The number of hydrogen-bond acceptors (Lipinski definition) is 4. The van der Waals surface area contributed by atoms with E-state index in [4.69, 9.17) is 11.3 Å². The second-order valence-electron chi connectivity index (χ2n) is 7.75. The molecule has 0 aliphatic heterocycles. The zero-order chi connectivity index (χ0) is 21.0. The highest BCUT2D eigenvalue weighted by atomic mass is 16.5. The monoisotopic (exact) mass is 392 g/mol. The number of aromatic nitrogens is 2. The van der Waals surface area contributed by atoms with Crippen LogP contribution in [0.2, 0.25) is 0 Å². The number of aromatic amines is 1. The third-order valence-electron chi connectivity index (χ3n) is 4.99. The van der Waals surface area contributed by atoms with Gasteiger partial charge in [-0.3, -0.25) is 4.79 Å². The predicted octanol–water partition coefficient (Wildman–Crippen LogP) is 4.98. The number of imidazole rings is 1. The summed E-state index contributed by atoms with van der Waals surface area (Å²) in [5.74, 6) is -0.640. The number of hydrogen-bond donors (Lipinski definition) is 2. The number of rotatable bonds is 5. The smallest absolute Gasteiger partial charge is 0.338 e. The van der Waals surface area contributed by atoms with Gasteiger partial charge >= 0.3 is 11.9 Å². The molecule has 0 fully saturated rings. The second-order valence-corrected chi connectivity index (χ2v) is 7.75. The Bertz CT molecular complexity index is 1010. The average Bonchev–Trinajstić information content (AvgIpc) is 3.18. The van der Waals surface area contributed by atoms with Crippen LogP contribution in [-0.4, -0.2) is 28.5 Å². The highest BCUT2D eigenvalue weighted by molar-refractivity contribution is 6.04. The van der Waals surface area contributed by atoms with Crippen molar-refractivity contribution >= 4 is 29.0 Å². The zero-order valence-electron chi connectivity index (χ0n) is 16.8. The Morgan fingerprint density at radius 1 is 1.38 bits per heavy atom. The van der Waals surface area contributed by atoms with Crippen LogP contribution in [0.5, 0.6) is 0 Å². The van der Waals surface area contributed by atoms with E-state index >= 15 is 0 Å². The number of carbonyl (C=O) groups is 2. The van der Waals surface area contributed by atoms with Crippen molar-refractivity contribution in [2.24, 2.45) is 5.41 Å². The first-order valence-corrected chi connectivity index (χ1v) is 9.58. The van der Waals surface area contributed by atoms with Crippen molar-refractivity contribution in [2.75, 3.05) is 11.9 Å². The molecule has 29 heavy (non-hydrogen) atoms. The molecule has 7 nitrogen and oxygen atoms in total. The average molecular weight is 392 g/mol. The SMILES string of the molecule is [C-]#[N+]c1c[nH]c(C(=O)Nc2ccc(C(=O)OCC)cc2C2=CCC(C)(C)CC2)n1. The zero-order valence-corrected chi connectivity index (χ0v) is 16.8. The van der Waals surface area contributed by atoms with Crippen LogP contribution in [0, 0.1) is 12.0 Å². The molecule has 0 saturated carbocycles. The summed E-state index contributed by atoms with van der Waals surface area (Å²) in [6.45, 7) is 13.5. The molecule has 0 spiro atoms. The van der Waals surface area contributed by atoms with E-state index in [0.717, 1.165) is 30.4 Å². The third kappa shape index (κ3) is 4.72. The van der Waals surface area contributed by atoms with Crippen molar-refractivity contribution in [3.63, 3.8) is 0 Å². The normalized spacial score (nSPS) is 15.2. The summed E-state index contributed by atoms with van der Waals surface area (Å²) < 4.78 is 5.12. The van der Waals surface area contributed by atoms with Crippen LogP contribution in [0.3, 0.4) is 0 Å². The maximum atomic E-state index is 12.6. The van der Waals surface area contributed by atoms with Crippen LogP contribution in [0.25, 0.3) is 10.4 Å². The molecule has 1 aliphatic rings. The molecule has 3 rings (SSSR count). The maximum Gasteiger partial charge on any atom is 0.338 e. The Hall–Kier alpha value is -3.40. The molecule has 1 heterocycles. The number of nitrogens with zero attached hydrogens (tertiary/aromatic N) is 2. The summed E-state index contributed by atoms with van der Waals surface area (Å²) in [5.41, 5.74) is 3.16. The van der Waals surface area contributed by atoms with Crippen LogP contribution >= 0.6 is 0 Å². The van der Waals surface area contributed by atoms with E-state index in [1.165, 1.54) is 6.20 Å². The highest BCUT2D eigenvalue weighted by Gasteiger charge is 2.25. The summed E-state index contributed by atoms with van der Waals surface area (Å²) in [6.07, 6.45) is 6.35. The Morgan fingerprint density at radius 3 is 2.79 bits per heavy atom. The Kier molecular flexibility index (Phi) is 5.83. The minimum Gasteiger partial charge on any atom is -0.462 e. The number of amides is 1. The van der Waals surface area contributed by atoms with Gasteiger partial charge in [-0.25, -0.2) is 4.79 Å². The summed E-state index contributed by atoms with van der Waals surface area (Å²) in [5, 5.41) is 2.85. The van der Waals surface area contributed by atoms with Crippen LogP contribution in [0.4, 0.5) is 11.5 Å². The van der Waals surface area contributed by atoms with Crippen molar-refractivity contribution in [3.05, 3.63) is 58.8 Å².